The molecular weight excluding hydrogens is 536 g/mol. The molecule has 2 heterocycles. The molecule has 0 amide bonds. The van der Waals surface area contributed by atoms with Crippen LogP contribution in [-0.2, 0) is 0 Å². The second-order valence-corrected chi connectivity index (χ2v) is 9.77. The van der Waals surface area contributed by atoms with Crippen molar-refractivity contribution in [3.63, 3.8) is 0 Å². The second-order valence-electron chi connectivity index (χ2n) is 9.77. The van der Waals surface area contributed by atoms with E-state index in [9.17, 15) is 8.22 Å². The molecule has 0 N–H and O–H groups in total. The van der Waals surface area contributed by atoms with Crippen molar-refractivity contribution >= 4 is 76.2 Å². The smallest absolute Gasteiger partial charge is 0.147 e. The standard InChI is InChI=1S/C42H24O2/c1-2-13-26-25(11-1)12-9-19-28(26)38-29-15-3-5-17-31(29)39(32-18-6-4-16-30(32)38)34-20-10-22-36-40(34)41-37(43-36)24-23-33-27-14-7-8-21-35(27)44-42(33)41/h1-24H/i1D,2D,3D,4D,5D,6D,7D,8D,9D,10D,11D,12D,13D,14D,15D,16D,17D,18D,19D,20D,21D,22D,23D,24D. The van der Waals surface area contributed by atoms with Crippen LogP contribution >= 0.6 is 0 Å². The number of rotatable bonds is 2. The Morgan fingerprint density at radius 3 is 1.61 bits per heavy atom. The number of fused-ring (bicyclic) bond motifs is 10. The van der Waals surface area contributed by atoms with E-state index in [1.54, 1.807) is 0 Å². The van der Waals surface area contributed by atoms with Gasteiger partial charge >= 0.3 is 0 Å². The van der Waals surface area contributed by atoms with Crippen LogP contribution in [0, 0.1) is 0 Å². The molecule has 0 aliphatic heterocycles. The van der Waals surface area contributed by atoms with Gasteiger partial charge in [0.2, 0.25) is 0 Å². The summed E-state index contributed by atoms with van der Waals surface area (Å²) in [5, 5.41) is -5.35. The molecule has 0 atom stereocenters. The molecule has 2 aromatic heterocycles. The molecule has 0 aliphatic rings. The Morgan fingerprint density at radius 2 is 0.864 bits per heavy atom. The van der Waals surface area contributed by atoms with E-state index in [4.69, 9.17) is 33.5 Å². The summed E-state index contributed by atoms with van der Waals surface area (Å²) in [4.78, 5) is 0. The van der Waals surface area contributed by atoms with E-state index >= 15 is 0 Å². The Morgan fingerprint density at radius 1 is 0.341 bits per heavy atom. The molecule has 2 nitrogen and oxygen atoms in total. The van der Waals surface area contributed by atoms with E-state index in [-0.39, 0.29) is 16.2 Å². The van der Waals surface area contributed by atoms with Gasteiger partial charge in [-0.1, -0.05) is 121 Å². The summed E-state index contributed by atoms with van der Waals surface area (Å²) in [5.41, 5.74) is -4.60. The molecule has 2 heteroatoms. The maximum absolute atomic E-state index is 9.59. The van der Waals surface area contributed by atoms with Crippen molar-refractivity contribution in [3.05, 3.63) is 145 Å². The molecule has 8 aromatic carbocycles. The van der Waals surface area contributed by atoms with Gasteiger partial charge in [0.1, 0.15) is 22.3 Å². The van der Waals surface area contributed by atoms with E-state index in [2.05, 4.69) is 0 Å². The quantitative estimate of drug-likeness (QED) is 0.189. The van der Waals surface area contributed by atoms with Gasteiger partial charge in [-0.3, -0.25) is 0 Å². The maximum atomic E-state index is 9.59. The molecule has 0 saturated carbocycles. The molecule has 10 aromatic rings. The fourth-order valence-corrected chi connectivity index (χ4v) is 5.82. The van der Waals surface area contributed by atoms with Crippen molar-refractivity contribution in [2.24, 2.45) is 0 Å². The normalized spacial score (nSPS) is 19.7. The van der Waals surface area contributed by atoms with Crippen LogP contribution in [0.5, 0.6) is 0 Å². The van der Waals surface area contributed by atoms with Gasteiger partial charge in [0.25, 0.3) is 0 Å². The lowest BCUT2D eigenvalue weighted by Gasteiger charge is -2.19. The molecule has 0 fully saturated rings. The average molecular weight is 585 g/mol. The highest BCUT2D eigenvalue weighted by molar-refractivity contribution is 6.30. The van der Waals surface area contributed by atoms with Gasteiger partial charge < -0.3 is 8.83 Å². The molecule has 0 aliphatic carbocycles. The lowest BCUT2D eigenvalue weighted by Crippen LogP contribution is -1.92. The highest BCUT2D eigenvalue weighted by atomic mass is 16.3. The van der Waals surface area contributed by atoms with E-state index < -0.39 is 227 Å². The molecule has 0 saturated heterocycles. The Balaban J connectivity index is 1.60. The predicted octanol–water partition coefficient (Wildman–Crippen LogP) is 12.3. The number of hydrogen-bond acceptors (Lipinski definition) is 2. The summed E-state index contributed by atoms with van der Waals surface area (Å²) in [5.74, 6) is 0. The summed E-state index contributed by atoms with van der Waals surface area (Å²) in [6, 6.07) is -20.4. The first-order valence-electron chi connectivity index (χ1n) is 25.1. The Bertz CT molecular complexity index is 4040. The molecule has 0 bridgehead atoms. The zero-order chi connectivity index (χ0) is 49.7. The van der Waals surface area contributed by atoms with Crippen LogP contribution in [0.2, 0.25) is 0 Å². The van der Waals surface area contributed by atoms with Crippen molar-refractivity contribution in [2.75, 3.05) is 0 Å². The van der Waals surface area contributed by atoms with Gasteiger partial charge in [-0.2, -0.15) is 0 Å². The first kappa shape index (κ1) is 10.4. The summed E-state index contributed by atoms with van der Waals surface area (Å²) in [7, 11) is 0. The molecule has 204 valence electrons. The minimum Gasteiger partial charge on any atom is -0.456 e. The third kappa shape index (κ3) is 3.14. The average Bonchev–Trinajstić information content (AvgIpc) is 3.91. The summed E-state index contributed by atoms with van der Waals surface area (Å²) in [6.07, 6.45) is 0. The van der Waals surface area contributed by atoms with Crippen molar-refractivity contribution in [2.45, 2.75) is 0 Å². The van der Waals surface area contributed by atoms with Gasteiger partial charge in [-0.05, 0) is 78.7 Å². The highest BCUT2D eigenvalue weighted by Crippen LogP contribution is 2.49. The Labute approximate surface area is 286 Å². The lowest BCUT2D eigenvalue weighted by molar-refractivity contribution is 0.663. The van der Waals surface area contributed by atoms with Crippen molar-refractivity contribution in [3.8, 4) is 22.3 Å². The van der Waals surface area contributed by atoms with Crippen LogP contribution in [0.4, 0.5) is 0 Å². The van der Waals surface area contributed by atoms with Crippen molar-refractivity contribution in [1.82, 2.24) is 0 Å². The zero-order valence-electron chi connectivity index (χ0n) is 45.8. The predicted molar refractivity (Wildman–Crippen MR) is 184 cm³/mol. The number of furan rings is 2. The Hall–Kier alpha value is -5.86. The number of hydrogen-bond donors (Lipinski definition) is 0. The van der Waals surface area contributed by atoms with E-state index in [0.717, 1.165) is 0 Å². The van der Waals surface area contributed by atoms with Gasteiger partial charge in [0.05, 0.1) is 38.3 Å². The summed E-state index contributed by atoms with van der Waals surface area (Å²) in [6.45, 7) is 0. The summed E-state index contributed by atoms with van der Waals surface area (Å²) >= 11 is 0. The first-order chi connectivity index (χ1) is 31.8. The second kappa shape index (κ2) is 8.82. The van der Waals surface area contributed by atoms with Crippen LogP contribution in [0.25, 0.3) is 98.4 Å². The van der Waals surface area contributed by atoms with Crippen molar-refractivity contribution in [1.29, 1.82) is 0 Å². The fourth-order valence-electron chi connectivity index (χ4n) is 5.82. The molecule has 0 spiro atoms. The van der Waals surface area contributed by atoms with Gasteiger partial charge in [-0.25, -0.2) is 0 Å². The first-order valence-corrected chi connectivity index (χ1v) is 13.1. The minimum absolute atomic E-state index is 0.330. The largest absolute Gasteiger partial charge is 0.456 e. The Kier molecular flexibility index (Phi) is 2.08. The van der Waals surface area contributed by atoms with E-state index in [0.29, 0.717) is 0 Å². The van der Waals surface area contributed by atoms with E-state index in [1.165, 1.54) is 0 Å². The van der Waals surface area contributed by atoms with Crippen LogP contribution in [0.1, 0.15) is 32.9 Å². The zero-order valence-corrected chi connectivity index (χ0v) is 21.8. The SMILES string of the molecule is [2H]c1c([2H])c([2H])c2c(oc3c2c([2H])c([2H])c2oc4c([2H])c([2H])c([2H])c(-c5c6c([2H])c([2H])c([2H])c([2H])c6c(-c6c([2H])c([2H])c([2H])c7c([2H])c([2H])c([2H])c([2H])c67)c6c([2H])c([2H])c([2H])c([2H])c56)c4c23)c1[2H]. The van der Waals surface area contributed by atoms with Gasteiger partial charge in [0.15, 0.2) is 0 Å². The van der Waals surface area contributed by atoms with Crippen molar-refractivity contribution < 1.29 is 41.7 Å². The molecule has 44 heavy (non-hydrogen) atoms. The molecule has 0 radical (unpaired) electrons. The monoisotopic (exact) mass is 584 g/mol. The van der Waals surface area contributed by atoms with Gasteiger partial charge in [0, 0.05) is 16.2 Å². The maximum Gasteiger partial charge on any atom is 0.147 e. The van der Waals surface area contributed by atoms with Crippen LogP contribution in [0.3, 0.4) is 0 Å². The molecular formula is C42H24O2. The minimum atomic E-state index is -0.950. The lowest BCUT2D eigenvalue weighted by atomic mass is 9.84. The van der Waals surface area contributed by atoms with E-state index in [1.807, 2.05) is 0 Å². The summed E-state index contributed by atoms with van der Waals surface area (Å²) < 4.78 is 227. The third-order valence-corrected chi connectivity index (χ3v) is 7.57. The molecule has 10 rings (SSSR count). The van der Waals surface area contributed by atoms with Crippen LogP contribution < -0.4 is 0 Å². The highest BCUT2D eigenvalue weighted by Gasteiger charge is 2.23. The van der Waals surface area contributed by atoms with Gasteiger partial charge in [-0.15, -0.1) is 0 Å². The number of benzene rings is 8. The fraction of sp³-hybridized carbons (Fsp3) is 0. The molecule has 0 unspecified atom stereocenters. The van der Waals surface area contributed by atoms with Crippen LogP contribution in [-0.4, -0.2) is 0 Å². The number of para-hydroxylation sites is 1. The topological polar surface area (TPSA) is 26.3 Å². The van der Waals surface area contributed by atoms with Crippen LogP contribution in [0.15, 0.2) is 154 Å². The third-order valence-electron chi connectivity index (χ3n) is 7.57.